The average Bonchev–Trinajstić information content (AvgIpc) is 2.25. The second-order valence-electron chi connectivity index (χ2n) is 3.85. The van der Waals surface area contributed by atoms with Crippen LogP contribution in [0.25, 0.3) is 0 Å². The molecule has 0 bridgehead atoms. The molecule has 0 aromatic heterocycles. The van der Waals surface area contributed by atoms with Gasteiger partial charge >= 0.3 is 0 Å². The van der Waals surface area contributed by atoms with Gasteiger partial charge in [-0.05, 0) is 41.4 Å². The molecular weight excluding hydrogens is 300 g/mol. The minimum atomic E-state index is 0.303. The lowest BCUT2D eigenvalue weighted by Gasteiger charge is -2.18. The molecule has 0 spiro atoms. The summed E-state index contributed by atoms with van der Waals surface area (Å²) in [7, 11) is 1.70. The van der Waals surface area contributed by atoms with Gasteiger partial charge in [0.15, 0.2) is 0 Å². The van der Waals surface area contributed by atoms with Gasteiger partial charge in [-0.25, -0.2) is 0 Å². The Kier molecular flexibility index (Phi) is 5.88. The van der Waals surface area contributed by atoms with Gasteiger partial charge in [-0.1, -0.05) is 18.3 Å². The van der Waals surface area contributed by atoms with Crippen molar-refractivity contribution >= 4 is 38.8 Å². The first-order valence-corrected chi connectivity index (χ1v) is 6.60. The molecule has 1 aromatic rings. The zero-order valence-corrected chi connectivity index (χ0v) is 12.4. The third-order valence-electron chi connectivity index (χ3n) is 2.42. The molecule has 0 saturated heterocycles. The number of methoxy groups -OCH3 is 1. The maximum Gasteiger partial charge on any atom is 0.107 e. The lowest BCUT2D eigenvalue weighted by atomic mass is 10.1. The maximum atomic E-state index is 5.73. The summed E-state index contributed by atoms with van der Waals surface area (Å²) in [4.78, 5) is 0.388. The van der Waals surface area contributed by atoms with Crippen molar-refractivity contribution in [3.8, 4) is 0 Å². The average molecular weight is 317 g/mol. The summed E-state index contributed by atoms with van der Waals surface area (Å²) in [5, 5.41) is 3.39. The van der Waals surface area contributed by atoms with Crippen LogP contribution < -0.4 is 11.1 Å². The number of ether oxygens (including phenoxy) is 1. The van der Waals surface area contributed by atoms with Gasteiger partial charge in [0.25, 0.3) is 0 Å². The molecule has 0 heterocycles. The van der Waals surface area contributed by atoms with Crippen LogP contribution in [0.5, 0.6) is 0 Å². The molecule has 0 amide bonds. The second kappa shape index (κ2) is 6.93. The van der Waals surface area contributed by atoms with E-state index in [-0.39, 0.29) is 0 Å². The highest BCUT2D eigenvalue weighted by Gasteiger charge is 2.11. The van der Waals surface area contributed by atoms with Crippen molar-refractivity contribution in [3.05, 3.63) is 28.2 Å². The fraction of sp³-hybridized carbons (Fsp3) is 0.417. The maximum absolute atomic E-state index is 5.73. The summed E-state index contributed by atoms with van der Waals surface area (Å²) in [6.07, 6.45) is 0.930. The molecule has 94 valence electrons. The monoisotopic (exact) mass is 316 g/mol. The van der Waals surface area contributed by atoms with Crippen LogP contribution in [-0.4, -0.2) is 24.7 Å². The molecule has 0 radical (unpaired) electrons. The lowest BCUT2D eigenvalue weighted by molar-refractivity contribution is 0.191. The third-order valence-corrected chi connectivity index (χ3v) is 3.28. The minimum absolute atomic E-state index is 0.303. The smallest absolute Gasteiger partial charge is 0.107 e. The van der Waals surface area contributed by atoms with E-state index in [0.29, 0.717) is 11.0 Å². The highest BCUT2D eigenvalue weighted by molar-refractivity contribution is 9.10. The Labute approximate surface area is 116 Å². The van der Waals surface area contributed by atoms with Crippen molar-refractivity contribution in [1.29, 1.82) is 0 Å². The SMILES string of the molecule is COCCC(C)Nc1cccc(Br)c1C(N)=S. The lowest BCUT2D eigenvalue weighted by Crippen LogP contribution is -2.21. The Bertz CT molecular complexity index is 398. The predicted octanol–water partition coefficient (Wildman–Crippen LogP) is 2.92. The summed E-state index contributed by atoms with van der Waals surface area (Å²) in [6, 6.07) is 6.16. The number of anilines is 1. The molecule has 1 unspecified atom stereocenters. The summed E-state index contributed by atoms with van der Waals surface area (Å²) in [5.41, 5.74) is 7.54. The molecule has 17 heavy (non-hydrogen) atoms. The number of thiocarbonyl (C=S) groups is 1. The van der Waals surface area contributed by atoms with Crippen LogP contribution in [0.15, 0.2) is 22.7 Å². The molecule has 3 nitrogen and oxygen atoms in total. The molecule has 0 aliphatic carbocycles. The number of nitrogens with two attached hydrogens (primary N) is 1. The zero-order chi connectivity index (χ0) is 12.8. The van der Waals surface area contributed by atoms with E-state index in [1.54, 1.807) is 7.11 Å². The minimum Gasteiger partial charge on any atom is -0.389 e. The quantitative estimate of drug-likeness (QED) is 0.792. The van der Waals surface area contributed by atoms with Gasteiger partial charge in [0, 0.05) is 35.5 Å². The molecule has 0 aliphatic heterocycles. The molecule has 3 N–H and O–H groups in total. The molecule has 1 atom stereocenters. The van der Waals surface area contributed by atoms with Crippen LogP contribution in [-0.2, 0) is 4.74 Å². The Morgan fingerprint density at radius 2 is 2.29 bits per heavy atom. The molecule has 0 fully saturated rings. The first-order chi connectivity index (χ1) is 8.06. The van der Waals surface area contributed by atoms with Crippen molar-refractivity contribution in [3.63, 3.8) is 0 Å². The number of halogens is 1. The fourth-order valence-corrected chi connectivity index (χ4v) is 2.46. The van der Waals surface area contributed by atoms with Crippen molar-refractivity contribution in [2.24, 2.45) is 5.73 Å². The van der Waals surface area contributed by atoms with Gasteiger partial charge in [0.05, 0.1) is 0 Å². The predicted molar refractivity (Wildman–Crippen MR) is 79.6 cm³/mol. The van der Waals surface area contributed by atoms with Crippen LogP contribution in [0.3, 0.4) is 0 Å². The van der Waals surface area contributed by atoms with Gasteiger partial charge in [0.1, 0.15) is 4.99 Å². The normalized spacial score (nSPS) is 12.2. The number of rotatable bonds is 6. The van der Waals surface area contributed by atoms with E-state index < -0.39 is 0 Å². The summed E-state index contributed by atoms with van der Waals surface area (Å²) < 4.78 is 5.96. The highest BCUT2D eigenvalue weighted by atomic mass is 79.9. The Morgan fingerprint density at radius 3 is 2.88 bits per heavy atom. The van der Waals surface area contributed by atoms with Crippen LogP contribution in [0.1, 0.15) is 18.9 Å². The molecular formula is C12H17BrN2OS. The van der Waals surface area contributed by atoms with Gasteiger partial charge in [0.2, 0.25) is 0 Å². The standard InChI is InChI=1S/C12H17BrN2OS/c1-8(6-7-16-2)15-10-5-3-4-9(13)11(10)12(14)17/h3-5,8,15H,6-7H2,1-2H3,(H2,14,17). The number of nitrogens with one attached hydrogen (secondary N) is 1. The summed E-state index contributed by atoms with van der Waals surface area (Å²) in [5.74, 6) is 0. The summed E-state index contributed by atoms with van der Waals surface area (Å²) >= 11 is 8.52. The van der Waals surface area contributed by atoms with Gasteiger partial charge in [-0.15, -0.1) is 0 Å². The van der Waals surface area contributed by atoms with E-state index in [4.69, 9.17) is 22.7 Å². The largest absolute Gasteiger partial charge is 0.389 e. The van der Waals surface area contributed by atoms with Crippen molar-refractivity contribution < 1.29 is 4.74 Å². The van der Waals surface area contributed by atoms with Gasteiger partial charge < -0.3 is 15.8 Å². The first-order valence-electron chi connectivity index (χ1n) is 5.40. The Balaban J connectivity index is 2.83. The van der Waals surface area contributed by atoms with E-state index in [9.17, 15) is 0 Å². The zero-order valence-electron chi connectivity index (χ0n) is 10.00. The molecule has 5 heteroatoms. The highest BCUT2D eigenvalue weighted by Crippen LogP contribution is 2.25. The van der Waals surface area contributed by atoms with Crippen molar-refractivity contribution in [1.82, 2.24) is 0 Å². The Morgan fingerprint density at radius 1 is 1.59 bits per heavy atom. The molecule has 0 aliphatic rings. The number of hydrogen-bond acceptors (Lipinski definition) is 3. The van der Waals surface area contributed by atoms with Gasteiger partial charge in [-0.3, -0.25) is 0 Å². The van der Waals surface area contributed by atoms with E-state index >= 15 is 0 Å². The van der Waals surface area contributed by atoms with Crippen LogP contribution in [0, 0.1) is 0 Å². The van der Waals surface area contributed by atoms with Gasteiger partial charge in [-0.2, -0.15) is 0 Å². The van der Waals surface area contributed by atoms with Crippen molar-refractivity contribution in [2.45, 2.75) is 19.4 Å². The second-order valence-corrected chi connectivity index (χ2v) is 5.15. The fourth-order valence-electron chi connectivity index (χ4n) is 1.53. The van der Waals surface area contributed by atoms with E-state index in [0.717, 1.165) is 28.8 Å². The third kappa shape index (κ3) is 4.26. The van der Waals surface area contributed by atoms with E-state index in [1.165, 1.54) is 0 Å². The molecule has 0 saturated carbocycles. The van der Waals surface area contributed by atoms with E-state index in [2.05, 4.69) is 28.2 Å². The Hall–Kier alpha value is -0.650. The van der Waals surface area contributed by atoms with Crippen LogP contribution in [0.2, 0.25) is 0 Å². The molecule has 1 rings (SSSR count). The van der Waals surface area contributed by atoms with E-state index in [1.807, 2.05) is 18.2 Å². The number of benzene rings is 1. The van der Waals surface area contributed by atoms with Crippen LogP contribution in [0.4, 0.5) is 5.69 Å². The number of hydrogen-bond donors (Lipinski definition) is 2. The first kappa shape index (κ1) is 14.4. The topological polar surface area (TPSA) is 47.3 Å². The summed E-state index contributed by atoms with van der Waals surface area (Å²) in [6.45, 7) is 2.83. The molecule has 1 aromatic carbocycles. The van der Waals surface area contributed by atoms with Crippen LogP contribution >= 0.6 is 28.1 Å². The van der Waals surface area contributed by atoms with Crippen molar-refractivity contribution in [2.75, 3.05) is 19.0 Å².